The van der Waals surface area contributed by atoms with Gasteiger partial charge in [-0.2, -0.15) is 0 Å². The number of hydrogen-bond donors (Lipinski definition) is 1. The zero-order chi connectivity index (χ0) is 21.1. The summed E-state index contributed by atoms with van der Waals surface area (Å²) in [5.74, 6) is 1.65. The molecule has 0 aliphatic heterocycles. The Kier molecular flexibility index (Phi) is 5.85. The molecule has 0 aromatic heterocycles. The Balaban J connectivity index is 1.77. The molecule has 2 nitrogen and oxygen atoms in total. The van der Waals surface area contributed by atoms with Gasteiger partial charge in [0, 0.05) is 5.56 Å². The molecule has 1 N–H and O–H groups in total. The molecule has 2 heteroatoms. The van der Waals surface area contributed by atoms with Crippen molar-refractivity contribution in [3.8, 4) is 16.9 Å². The van der Waals surface area contributed by atoms with Crippen LogP contribution in [0, 0.1) is 11.8 Å². The Bertz CT molecular complexity index is 1050. The summed E-state index contributed by atoms with van der Waals surface area (Å²) < 4.78 is 0. The van der Waals surface area contributed by atoms with E-state index in [-0.39, 0.29) is 0 Å². The zero-order valence-electron chi connectivity index (χ0n) is 17.6. The predicted octanol–water partition coefficient (Wildman–Crippen LogP) is 7.13. The van der Waals surface area contributed by atoms with Crippen molar-refractivity contribution in [2.75, 3.05) is 0 Å². The molecule has 30 heavy (non-hydrogen) atoms. The van der Waals surface area contributed by atoms with Crippen LogP contribution in [0.1, 0.15) is 54.6 Å². The van der Waals surface area contributed by atoms with Gasteiger partial charge in [0.25, 0.3) is 0 Å². The molecule has 1 aliphatic rings. The van der Waals surface area contributed by atoms with Gasteiger partial charge in [-0.1, -0.05) is 74.0 Å². The molecule has 2 unspecified atom stereocenters. The Morgan fingerprint density at radius 2 is 1.43 bits per heavy atom. The molecule has 0 amide bonds. The number of carbonyl (C=O) groups excluding carboxylic acids is 1. The molecule has 1 fully saturated rings. The maximum absolute atomic E-state index is 11.1. The van der Waals surface area contributed by atoms with Crippen LogP contribution in [0.4, 0.5) is 0 Å². The molecule has 2 atom stereocenters. The lowest BCUT2D eigenvalue weighted by molar-refractivity contribution is 0.112. The number of aldehydes is 1. The highest BCUT2D eigenvalue weighted by Crippen LogP contribution is 2.40. The van der Waals surface area contributed by atoms with Crippen LogP contribution in [-0.4, -0.2) is 11.4 Å². The minimum absolute atomic E-state index is 0.291. The first-order valence-electron chi connectivity index (χ1n) is 10.7. The smallest absolute Gasteiger partial charge is 0.150 e. The van der Waals surface area contributed by atoms with Crippen LogP contribution in [0.25, 0.3) is 16.7 Å². The van der Waals surface area contributed by atoms with Gasteiger partial charge in [-0.05, 0) is 77.1 Å². The average Bonchev–Trinajstić information content (AvgIpc) is 2.75. The summed E-state index contributed by atoms with van der Waals surface area (Å²) in [4.78, 5) is 11.1. The molecule has 1 aliphatic carbocycles. The van der Waals surface area contributed by atoms with E-state index in [2.05, 4.69) is 38.1 Å². The van der Waals surface area contributed by atoms with E-state index in [0.717, 1.165) is 35.8 Å². The Morgan fingerprint density at radius 1 is 0.833 bits per heavy atom. The van der Waals surface area contributed by atoms with Crippen LogP contribution in [0.2, 0.25) is 0 Å². The number of rotatable bonds is 4. The molecule has 0 spiro atoms. The lowest BCUT2D eigenvalue weighted by Gasteiger charge is -2.29. The monoisotopic (exact) mass is 396 g/mol. The summed E-state index contributed by atoms with van der Waals surface area (Å²) in [6.45, 7) is 4.68. The Hall–Kier alpha value is -3.13. The number of carbonyl (C=O) groups is 1. The molecule has 3 aromatic rings. The SMILES string of the molecule is CC1CC(=C(c2ccc(O)cc2)c2ccc(-c3cccc(C=O)c3)cc2)CC(C)C1. The quantitative estimate of drug-likeness (QED) is 0.476. The Labute approximate surface area is 178 Å². The van der Waals surface area contributed by atoms with E-state index in [1.165, 1.54) is 23.1 Å². The number of hydrogen-bond acceptors (Lipinski definition) is 2. The summed E-state index contributed by atoms with van der Waals surface area (Å²) >= 11 is 0. The predicted molar refractivity (Wildman–Crippen MR) is 124 cm³/mol. The number of allylic oxidation sites excluding steroid dienone is 1. The van der Waals surface area contributed by atoms with Crippen LogP contribution >= 0.6 is 0 Å². The first kappa shape index (κ1) is 20.2. The highest BCUT2D eigenvalue weighted by atomic mass is 16.3. The average molecular weight is 397 g/mol. The van der Waals surface area contributed by atoms with E-state index in [1.807, 2.05) is 36.4 Å². The van der Waals surface area contributed by atoms with Gasteiger partial charge in [0.05, 0.1) is 0 Å². The third-order valence-corrected chi connectivity index (χ3v) is 6.03. The molecule has 1 saturated carbocycles. The van der Waals surface area contributed by atoms with Crippen molar-refractivity contribution in [3.05, 3.63) is 95.1 Å². The molecule has 4 rings (SSSR count). The lowest BCUT2D eigenvalue weighted by atomic mass is 9.76. The van der Waals surface area contributed by atoms with Crippen molar-refractivity contribution in [3.63, 3.8) is 0 Å². The van der Waals surface area contributed by atoms with Crippen molar-refractivity contribution in [2.45, 2.75) is 33.1 Å². The number of phenolic OH excluding ortho intramolecular Hbond substituents is 1. The Morgan fingerprint density at radius 3 is 2.03 bits per heavy atom. The molecule has 0 saturated heterocycles. The number of aromatic hydroxyl groups is 1. The fourth-order valence-electron chi connectivity index (χ4n) is 4.81. The van der Waals surface area contributed by atoms with E-state index in [0.29, 0.717) is 23.1 Å². The van der Waals surface area contributed by atoms with Crippen molar-refractivity contribution in [1.82, 2.24) is 0 Å². The van der Waals surface area contributed by atoms with Gasteiger partial charge < -0.3 is 5.11 Å². The lowest BCUT2D eigenvalue weighted by Crippen LogP contribution is -2.14. The van der Waals surface area contributed by atoms with E-state index in [9.17, 15) is 9.90 Å². The number of benzene rings is 3. The number of phenols is 1. The molecule has 3 aromatic carbocycles. The second kappa shape index (κ2) is 8.71. The van der Waals surface area contributed by atoms with Crippen molar-refractivity contribution < 1.29 is 9.90 Å². The van der Waals surface area contributed by atoms with Gasteiger partial charge in [0.15, 0.2) is 0 Å². The van der Waals surface area contributed by atoms with E-state index >= 15 is 0 Å². The maximum Gasteiger partial charge on any atom is 0.150 e. The van der Waals surface area contributed by atoms with Gasteiger partial charge in [0.1, 0.15) is 12.0 Å². The molecule has 0 bridgehead atoms. The molecular formula is C28H28O2. The van der Waals surface area contributed by atoms with Crippen LogP contribution in [0.3, 0.4) is 0 Å². The fourth-order valence-corrected chi connectivity index (χ4v) is 4.81. The van der Waals surface area contributed by atoms with Crippen molar-refractivity contribution >= 4 is 11.9 Å². The summed E-state index contributed by atoms with van der Waals surface area (Å²) in [7, 11) is 0. The van der Waals surface area contributed by atoms with Gasteiger partial charge in [-0.3, -0.25) is 4.79 Å². The fraction of sp³-hybridized carbons (Fsp3) is 0.250. The first-order valence-corrected chi connectivity index (χ1v) is 10.7. The van der Waals surface area contributed by atoms with Gasteiger partial charge in [-0.25, -0.2) is 0 Å². The minimum Gasteiger partial charge on any atom is -0.508 e. The third-order valence-electron chi connectivity index (χ3n) is 6.03. The largest absolute Gasteiger partial charge is 0.508 e. The van der Waals surface area contributed by atoms with Crippen LogP contribution < -0.4 is 0 Å². The van der Waals surface area contributed by atoms with Gasteiger partial charge in [0.2, 0.25) is 0 Å². The minimum atomic E-state index is 0.291. The van der Waals surface area contributed by atoms with E-state index in [4.69, 9.17) is 0 Å². The zero-order valence-corrected chi connectivity index (χ0v) is 17.6. The molecule has 152 valence electrons. The molecular weight excluding hydrogens is 368 g/mol. The van der Waals surface area contributed by atoms with E-state index < -0.39 is 0 Å². The third kappa shape index (κ3) is 4.38. The standard InChI is InChI=1S/C28H28O2/c1-19-14-20(2)16-26(15-19)28(24-10-12-27(30)13-11-24)23-8-6-22(7-9-23)25-5-3-4-21(17-25)18-29/h3-13,17-20,30H,14-16H2,1-2H3. The molecule has 0 heterocycles. The van der Waals surface area contributed by atoms with Crippen LogP contribution in [0.15, 0.2) is 78.4 Å². The summed E-state index contributed by atoms with van der Waals surface area (Å²) in [6, 6.07) is 23.9. The first-order chi connectivity index (χ1) is 14.5. The van der Waals surface area contributed by atoms with Gasteiger partial charge >= 0.3 is 0 Å². The van der Waals surface area contributed by atoms with Crippen LogP contribution in [0.5, 0.6) is 5.75 Å². The van der Waals surface area contributed by atoms with Gasteiger partial charge in [-0.15, -0.1) is 0 Å². The normalized spacial score (nSPS) is 18.8. The van der Waals surface area contributed by atoms with Crippen molar-refractivity contribution in [1.29, 1.82) is 0 Å². The second-order valence-electron chi connectivity index (χ2n) is 8.70. The second-order valence-corrected chi connectivity index (χ2v) is 8.70. The summed E-state index contributed by atoms with van der Waals surface area (Å²) in [6.07, 6.45) is 4.39. The van der Waals surface area contributed by atoms with E-state index in [1.54, 1.807) is 12.1 Å². The highest BCUT2D eigenvalue weighted by Gasteiger charge is 2.23. The summed E-state index contributed by atoms with van der Waals surface area (Å²) in [5.41, 5.74) is 7.98. The topological polar surface area (TPSA) is 37.3 Å². The molecule has 0 radical (unpaired) electrons. The summed E-state index contributed by atoms with van der Waals surface area (Å²) in [5, 5.41) is 9.77. The van der Waals surface area contributed by atoms with Crippen LogP contribution in [-0.2, 0) is 0 Å². The van der Waals surface area contributed by atoms with Crippen molar-refractivity contribution in [2.24, 2.45) is 11.8 Å². The highest BCUT2D eigenvalue weighted by molar-refractivity contribution is 5.84. The maximum atomic E-state index is 11.1.